The van der Waals surface area contributed by atoms with Crippen molar-refractivity contribution >= 4 is 27.3 Å². The van der Waals surface area contributed by atoms with E-state index in [1.165, 1.54) is 23.5 Å². The van der Waals surface area contributed by atoms with E-state index in [4.69, 9.17) is 9.15 Å². The molecule has 20 heavy (non-hydrogen) atoms. The van der Waals surface area contributed by atoms with Crippen LogP contribution in [0.5, 0.6) is 5.19 Å². The van der Waals surface area contributed by atoms with Gasteiger partial charge in [-0.3, -0.25) is 0 Å². The SMILES string of the molecule is COc1nn2cc(-c3cc4cc(F)ccc4o3)nc2s1. The molecule has 0 amide bonds. The highest BCUT2D eigenvalue weighted by molar-refractivity contribution is 7.18. The van der Waals surface area contributed by atoms with Gasteiger partial charge in [0.1, 0.15) is 17.1 Å². The molecule has 4 aromatic rings. The Hall–Kier alpha value is -2.41. The number of aromatic nitrogens is 3. The largest absolute Gasteiger partial charge is 0.472 e. The molecule has 100 valence electrons. The minimum atomic E-state index is -0.290. The zero-order valence-corrected chi connectivity index (χ0v) is 11.1. The fourth-order valence-corrected chi connectivity index (χ4v) is 2.72. The second-order valence-corrected chi connectivity index (χ2v) is 5.14. The summed E-state index contributed by atoms with van der Waals surface area (Å²) in [6.45, 7) is 0. The Bertz CT molecular complexity index is 893. The van der Waals surface area contributed by atoms with E-state index in [0.717, 1.165) is 0 Å². The molecule has 0 aliphatic rings. The molecule has 0 atom stereocenters. The van der Waals surface area contributed by atoms with Crippen molar-refractivity contribution in [3.8, 4) is 16.6 Å². The van der Waals surface area contributed by atoms with Gasteiger partial charge < -0.3 is 9.15 Å². The predicted octanol–water partition coefficient (Wildman–Crippen LogP) is 3.35. The first kappa shape index (κ1) is 11.4. The van der Waals surface area contributed by atoms with Gasteiger partial charge in [0, 0.05) is 5.39 Å². The van der Waals surface area contributed by atoms with Gasteiger partial charge in [-0.05, 0) is 35.6 Å². The van der Waals surface area contributed by atoms with Crippen LogP contribution >= 0.6 is 11.3 Å². The van der Waals surface area contributed by atoms with E-state index in [9.17, 15) is 4.39 Å². The molecule has 0 spiro atoms. The summed E-state index contributed by atoms with van der Waals surface area (Å²) >= 11 is 1.34. The highest BCUT2D eigenvalue weighted by Crippen LogP contribution is 2.30. The third-order valence-electron chi connectivity index (χ3n) is 2.93. The van der Waals surface area contributed by atoms with Gasteiger partial charge in [0.05, 0.1) is 13.3 Å². The lowest BCUT2D eigenvalue weighted by molar-refractivity contribution is 0.405. The van der Waals surface area contributed by atoms with Crippen molar-refractivity contribution in [2.75, 3.05) is 7.11 Å². The highest BCUT2D eigenvalue weighted by Gasteiger charge is 2.13. The van der Waals surface area contributed by atoms with E-state index in [-0.39, 0.29) is 5.82 Å². The molecule has 4 rings (SSSR count). The van der Waals surface area contributed by atoms with Crippen LogP contribution in [0.15, 0.2) is 34.9 Å². The lowest BCUT2D eigenvalue weighted by Gasteiger charge is -1.88. The van der Waals surface area contributed by atoms with Gasteiger partial charge in [0.2, 0.25) is 4.96 Å². The van der Waals surface area contributed by atoms with Crippen LogP contribution in [0.2, 0.25) is 0 Å². The monoisotopic (exact) mass is 289 g/mol. The van der Waals surface area contributed by atoms with Crippen LogP contribution < -0.4 is 4.74 Å². The van der Waals surface area contributed by atoms with E-state index in [0.29, 0.717) is 32.6 Å². The van der Waals surface area contributed by atoms with Gasteiger partial charge in [-0.1, -0.05) is 0 Å². The second kappa shape index (κ2) is 4.04. The number of furan rings is 1. The number of imidazole rings is 1. The van der Waals surface area contributed by atoms with E-state index < -0.39 is 0 Å². The molecule has 3 heterocycles. The number of benzene rings is 1. The molecular weight excluding hydrogens is 281 g/mol. The first-order valence-corrected chi connectivity index (χ1v) is 6.64. The molecule has 1 aromatic carbocycles. The quantitative estimate of drug-likeness (QED) is 0.568. The molecule has 0 saturated carbocycles. The minimum Gasteiger partial charge on any atom is -0.472 e. The zero-order valence-electron chi connectivity index (χ0n) is 10.3. The van der Waals surface area contributed by atoms with Crippen LogP contribution in [0.1, 0.15) is 0 Å². The highest BCUT2D eigenvalue weighted by atomic mass is 32.1. The summed E-state index contributed by atoms with van der Waals surface area (Å²) < 4.78 is 25.5. The number of fused-ring (bicyclic) bond motifs is 2. The number of halogens is 1. The summed E-state index contributed by atoms with van der Waals surface area (Å²) in [5.74, 6) is 0.296. The number of rotatable bonds is 2. The Kier molecular flexibility index (Phi) is 2.31. The zero-order chi connectivity index (χ0) is 13.7. The summed E-state index contributed by atoms with van der Waals surface area (Å²) in [7, 11) is 1.56. The third-order valence-corrected chi connectivity index (χ3v) is 3.81. The summed E-state index contributed by atoms with van der Waals surface area (Å²) in [5.41, 5.74) is 1.28. The summed E-state index contributed by atoms with van der Waals surface area (Å²) in [6, 6.07) is 6.17. The van der Waals surface area contributed by atoms with Crippen LogP contribution in [-0.2, 0) is 0 Å². The summed E-state index contributed by atoms with van der Waals surface area (Å²) in [4.78, 5) is 5.13. The van der Waals surface area contributed by atoms with Gasteiger partial charge in [-0.25, -0.2) is 13.9 Å². The topological polar surface area (TPSA) is 52.6 Å². The smallest absolute Gasteiger partial charge is 0.294 e. The molecule has 3 aromatic heterocycles. The molecule has 0 saturated heterocycles. The Morgan fingerprint density at radius 3 is 3.05 bits per heavy atom. The maximum Gasteiger partial charge on any atom is 0.294 e. The Morgan fingerprint density at radius 1 is 1.35 bits per heavy atom. The Balaban J connectivity index is 1.84. The summed E-state index contributed by atoms with van der Waals surface area (Å²) in [5, 5.41) is 5.45. The normalized spacial score (nSPS) is 11.5. The molecule has 0 aliphatic heterocycles. The third kappa shape index (κ3) is 1.67. The van der Waals surface area contributed by atoms with Crippen molar-refractivity contribution in [3.05, 3.63) is 36.3 Å². The van der Waals surface area contributed by atoms with Crippen LogP contribution in [0.25, 0.3) is 27.4 Å². The first-order valence-electron chi connectivity index (χ1n) is 5.82. The number of hydrogen-bond donors (Lipinski definition) is 0. The number of ether oxygens (including phenoxy) is 1. The van der Waals surface area contributed by atoms with Gasteiger partial charge in [0.15, 0.2) is 5.76 Å². The Morgan fingerprint density at radius 2 is 2.25 bits per heavy atom. The minimum absolute atomic E-state index is 0.290. The predicted molar refractivity (Wildman–Crippen MR) is 72.6 cm³/mol. The standard InChI is InChI=1S/C13H8FN3O2S/c1-18-13-16-17-6-9(15-12(17)20-13)11-5-7-4-8(14)2-3-10(7)19-11/h2-6H,1H3. The molecule has 7 heteroatoms. The van der Waals surface area contributed by atoms with Crippen LogP contribution in [-0.4, -0.2) is 21.7 Å². The van der Waals surface area contributed by atoms with Crippen molar-refractivity contribution in [3.63, 3.8) is 0 Å². The number of methoxy groups -OCH3 is 1. The fraction of sp³-hybridized carbons (Fsp3) is 0.0769. The molecule has 5 nitrogen and oxygen atoms in total. The first-order chi connectivity index (χ1) is 9.72. The average molecular weight is 289 g/mol. The van der Waals surface area contributed by atoms with Gasteiger partial charge in [-0.15, -0.1) is 5.10 Å². The van der Waals surface area contributed by atoms with E-state index in [2.05, 4.69) is 10.1 Å². The van der Waals surface area contributed by atoms with Gasteiger partial charge >= 0.3 is 0 Å². The summed E-state index contributed by atoms with van der Waals surface area (Å²) in [6.07, 6.45) is 1.75. The van der Waals surface area contributed by atoms with E-state index in [1.807, 2.05) is 0 Å². The second-order valence-electron chi connectivity index (χ2n) is 4.22. The average Bonchev–Trinajstić information content (AvgIpc) is 3.08. The molecule has 0 unspecified atom stereocenters. The van der Waals surface area contributed by atoms with Crippen LogP contribution in [0, 0.1) is 5.82 Å². The van der Waals surface area contributed by atoms with E-state index in [1.54, 1.807) is 30.0 Å². The maximum atomic E-state index is 13.2. The van der Waals surface area contributed by atoms with Crippen molar-refractivity contribution < 1.29 is 13.5 Å². The van der Waals surface area contributed by atoms with Gasteiger partial charge in [0.25, 0.3) is 5.19 Å². The number of hydrogen-bond acceptors (Lipinski definition) is 5. The van der Waals surface area contributed by atoms with Gasteiger partial charge in [-0.2, -0.15) is 0 Å². The molecule has 0 bridgehead atoms. The molecule has 0 aliphatic carbocycles. The van der Waals surface area contributed by atoms with Crippen molar-refractivity contribution in [1.82, 2.24) is 14.6 Å². The van der Waals surface area contributed by atoms with E-state index >= 15 is 0 Å². The molecular formula is C13H8FN3O2S. The fourth-order valence-electron chi connectivity index (χ4n) is 2.02. The Labute approximate surface area is 116 Å². The van der Waals surface area contributed by atoms with Crippen LogP contribution in [0.3, 0.4) is 0 Å². The number of nitrogens with zero attached hydrogens (tertiary/aromatic N) is 3. The van der Waals surface area contributed by atoms with Crippen molar-refractivity contribution in [2.24, 2.45) is 0 Å². The maximum absolute atomic E-state index is 13.2. The molecule has 0 N–H and O–H groups in total. The molecule has 0 radical (unpaired) electrons. The van der Waals surface area contributed by atoms with Crippen molar-refractivity contribution in [1.29, 1.82) is 0 Å². The lowest BCUT2D eigenvalue weighted by atomic mass is 10.2. The van der Waals surface area contributed by atoms with Crippen molar-refractivity contribution in [2.45, 2.75) is 0 Å². The van der Waals surface area contributed by atoms with Crippen LogP contribution in [0.4, 0.5) is 4.39 Å². The lowest BCUT2D eigenvalue weighted by Crippen LogP contribution is -1.84. The molecule has 0 fully saturated rings.